The molecule has 1 N–H and O–H groups in total. The number of ether oxygens (including phenoxy) is 1. The zero-order chi connectivity index (χ0) is 10.8. The Morgan fingerprint density at radius 3 is 2.60 bits per heavy atom. The fraction of sp³-hybridized carbons (Fsp3) is 0.400. The Bertz CT molecular complexity index is 362. The third-order valence-corrected chi connectivity index (χ3v) is 2.43. The van der Waals surface area contributed by atoms with E-state index in [2.05, 4.69) is 0 Å². The van der Waals surface area contributed by atoms with Gasteiger partial charge < -0.3 is 9.84 Å². The second kappa shape index (κ2) is 3.96. The van der Waals surface area contributed by atoms with Crippen LogP contribution >= 0.6 is 0 Å². The maximum atomic E-state index is 10.4. The predicted octanol–water partition coefficient (Wildman–Crippen LogP) is 1.42. The van der Waals surface area contributed by atoms with E-state index in [0.717, 1.165) is 5.56 Å². The van der Waals surface area contributed by atoms with Gasteiger partial charge in [0.1, 0.15) is 6.10 Å². The predicted molar refractivity (Wildman–Crippen MR) is 52.4 cm³/mol. The molecule has 1 aliphatic heterocycles. The number of rotatable bonds is 4. The van der Waals surface area contributed by atoms with Crippen molar-refractivity contribution in [3.63, 3.8) is 0 Å². The number of nitrogens with zero attached hydrogens (tertiary/aromatic N) is 1. The van der Waals surface area contributed by atoms with Crippen LogP contribution in [-0.2, 0) is 4.74 Å². The summed E-state index contributed by atoms with van der Waals surface area (Å²) in [6, 6.07) is 6.32. The van der Waals surface area contributed by atoms with Crippen LogP contribution in [0.3, 0.4) is 0 Å². The molecule has 0 spiro atoms. The van der Waals surface area contributed by atoms with E-state index in [1.165, 1.54) is 12.1 Å². The molecule has 2 rings (SSSR count). The van der Waals surface area contributed by atoms with Crippen molar-refractivity contribution in [3.05, 3.63) is 39.9 Å². The fourth-order valence-electron chi connectivity index (χ4n) is 1.57. The lowest BCUT2D eigenvalue weighted by Crippen LogP contribution is -1.93. The van der Waals surface area contributed by atoms with Gasteiger partial charge in [0, 0.05) is 18.7 Å². The average Bonchev–Trinajstić information content (AvgIpc) is 2.98. The molecule has 0 radical (unpaired) electrons. The van der Waals surface area contributed by atoms with Crippen LogP contribution in [0.5, 0.6) is 0 Å². The lowest BCUT2D eigenvalue weighted by Gasteiger charge is -1.95. The molecule has 5 heteroatoms. The molecule has 0 amide bonds. The molecular weight excluding hydrogens is 198 g/mol. The Morgan fingerprint density at radius 1 is 1.40 bits per heavy atom. The van der Waals surface area contributed by atoms with Crippen molar-refractivity contribution in [2.45, 2.75) is 18.6 Å². The van der Waals surface area contributed by atoms with Crippen LogP contribution in [0.1, 0.15) is 18.1 Å². The van der Waals surface area contributed by atoms with Gasteiger partial charge in [0.15, 0.2) is 0 Å². The first-order valence-corrected chi connectivity index (χ1v) is 4.73. The highest BCUT2D eigenvalue weighted by Crippen LogP contribution is 2.40. The average molecular weight is 209 g/mol. The molecule has 15 heavy (non-hydrogen) atoms. The summed E-state index contributed by atoms with van der Waals surface area (Å²) >= 11 is 0. The third-order valence-electron chi connectivity index (χ3n) is 2.43. The van der Waals surface area contributed by atoms with Crippen molar-refractivity contribution >= 4 is 5.69 Å². The van der Waals surface area contributed by atoms with E-state index in [0.29, 0.717) is 6.42 Å². The van der Waals surface area contributed by atoms with E-state index < -0.39 is 4.92 Å². The molecule has 0 bridgehead atoms. The molecule has 2 unspecified atom stereocenters. The van der Waals surface area contributed by atoms with Crippen LogP contribution in [0.15, 0.2) is 24.3 Å². The van der Waals surface area contributed by atoms with E-state index in [1.807, 2.05) is 0 Å². The fourth-order valence-corrected chi connectivity index (χ4v) is 1.57. The topological polar surface area (TPSA) is 75.9 Å². The summed E-state index contributed by atoms with van der Waals surface area (Å²) in [4.78, 5) is 9.98. The molecule has 0 aliphatic carbocycles. The van der Waals surface area contributed by atoms with E-state index in [4.69, 9.17) is 9.84 Å². The first kappa shape index (κ1) is 10.1. The van der Waals surface area contributed by atoms with Gasteiger partial charge in [-0.25, -0.2) is 0 Å². The summed E-state index contributed by atoms with van der Waals surface area (Å²) in [6.45, 7) is 0.105. The standard InChI is InChI=1S/C10H11NO4/c12-6-5-9-10(15-9)7-1-3-8(4-2-7)11(13)14/h1-4,9-10,12H,5-6H2. The quantitative estimate of drug-likeness (QED) is 0.462. The highest BCUT2D eigenvalue weighted by Gasteiger charge is 2.39. The zero-order valence-electron chi connectivity index (χ0n) is 8.00. The molecule has 0 aromatic heterocycles. The number of hydrogen-bond donors (Lipinski definition) is 1. The van der Waals surface area contributed by atoms with Crippen LogP contribution in [0.2, 0.25) is 0 Å². The smallest absolute Gasteiger partial charge is 0.269 e. The number of hydrogen-bond acceptors (Lipinski definition) is 4. The van der Waals surface area contributed by atoms with E-state index in [-0.39, 0.29) is 24.5 Å². The highest BCUT2D eigenvalue weighted by atomic mass is 16.6. The Kier molecular flexibility index (Phi) is 2.66. The van der Waals surface area contributed by atoms with Gasteiger partial charge in [0.2, 0.25) is 0 Å². The lowest BCUT2D eigenvalue weighted by molar-refractivity contribution is -0.384. The van der Waals surface area contributed by atoms with Crippen molar-refractivity contribution < 1.29 is 14.8 Å². The summed E-state index contributed by atoms with van der Waals surface area (Å²) in [7, 11) is 0. The molecule has 1 aliphatic rings. The lowest BCUT2D eigenvalue weighted by atomic mass is 10.1. The first-order chi connectivity index (χ1) is 7.22. The second-order valence-corrected chi connectivity index (χ2v) is 3.46. The summed E-state index contributed by atoms with van der Waals surface area (Å²) in [6.07, 6.45) is 0.677. The summed E-state index contributed by atoms with van der Waals surface area (Å²) in [5.41, 5.74) is 1.01. The van der Waals surface area contributed by atoms with Gasteiger partial charge >= 0.3 is 0 Å². The van der Waals surface area contributed by atoms with Crippen molar-refractivity contribution in [2.75, 3.05) is 6.61 Å². The van der Waals surface area contributed by atoms with Crippen molar-refractivity contribution in [2.24, 2.45) is 0 Å². The Labute approximate surface area is 86.4 Å². The SMILES string of the molecule is O=[N+]([O-])c1ccc(C2OC2CCO)cc1. The summed E-state index contributed by atoms with van der Waals surface area (Å²) < 4.78 is 5.31. The van der Waals surface area contributed by atoms with Crippen LogP contribution in [0.4, 0.5) is 5.69 Å². The van der Waals surface area contributed by atoms with E-state index in [1.54, 1.807) is 12.1 Å². The molecule has 2 atom stereocenters. The Balaban J connectivity index is 2.03. The minimum atomic E-state index is -0.428. The van der Waals surface area contributed by atoms with Gasteiger partial charge in [-0.2, -0.15) is 0 Å². The highest BCUT2D eigenvalue weighted by molar-refractivity contribution is 5.35. The number of aliphatic hydroxyl groups excluding tert-OH is 1. The van der Waals surface area contributed by atoms with Gasteiger partial charge in [-0.1, -0.05) is 0 Å². The zero-order valence-corrected chi connectivity index (χ0v) is 8.00. The largest absolute Gasteiger partial charge is 0.396 e. The number of nitro benzene ring substituents is 1. The Hall–Kier alpha value is -1.46. The van der Waals surface area contributed by atoms with Gasteiger partial charge in [-0.15, -0.1) is 0 Å². The van der Waals surface area contributed by atoms with E-state index >= 15 is 0 Å². The monoisotopic (exact) mass is 209 g/mol. The number of non-ortho nitro benzene ring substituents is 1. The molecule has 1 heterocycles. The number of benzene rings is 1. The minimum Gasteiger partial charge on any atom is -0.396 e. The van der Waals surface area contributed by atoms with Crippen LogP contribution in [-0.4, -0.2) is 22.7 Å². The number of epoxide rings is 1. The molecule has 1 aromatic carbocycles. The first-order valence-electron chi connectivity index (χ1n) is 4.73. The normalized spacial score (nSPS) is 23.8. The maximum absolute atomic E-state index is 10.4. The van der Waals surface area contributed by atoms with Crippen molar-refractivity contribution in [3.8, 4) is 0 Å². The number of aliphatic hydroxyl groups is 1. The molecular formula is C10H11NO4. The van der Waals surface area contributed by atoms with Gasteiger partial charge in [-0.05, 0) is 24.1 Å². The third kappa shape index (κ3) is 2.14. The Morgan fingerprint density at radius 2 is 2.07 bits per heavy atom. The number of nitro groups is 1. The minimum absolute atomic E-state index is 0.00189. The second-order valence-electron chi connectivity index (χ2n) is 3.46. The van der Waals surface area contributed by atoms with Crippen LogP contribution in [0, 0.1) is 10.1 Å². The van der Waals surface area contributed by atoms with Gasteiger partial charge in [-0.3, -0.25) is 10.1 Å². The maximum Gasteiger partial charge on any atom is 0.269 e. The summed E-state index contributed by atoms with van der Waals surface area (Å²) in [5.74, 6) is 0. The van der Waals surface area contributed by atoms with Gasteiger partial charge in [0.25, 0.3) is 5.69 Å². The summed E-state index contributed by atoms with van der Waals surface area (Å²) in [5, 5.41) is 19.1. The van der Waals surface area contributed by atoms with Gasteiger partial charge in [0.05, 0.1) is 11.0 Å². The van der Waals surface area contributed by atoms with Crippen LogP contribution in [0.25, 0.3) is 0 Å². The molecule has 1 fully saturated rings. The van der Waals surface area contributed by atoms with Crippen LogP contribution < -0.4 is 0 Å². The van der Waals surface area contributed by atoms with E-state index in [9.17, 15) is 10.1 Å². The molecule has 80 valence electrons. The molecule has 1 saturated heterocycles. The molecule has 5 nitrogen and oxygen atoms in total. The van der Waals surface area contributed by atoms with Crippen molar-refractivity contribution in [1.82, 2.24) is 0 Å². The van der Waals surface area contributed by atoms with Crippen molar-refractivity contribution in [1.29, 1.82) is 0 Å². The molecule has 0 saturated carbocycles. The molecule has 1 aromatic rings.